The molecule has 2 unspecified atom stereocenters. The Morgan fingerprint density at radius 2 is 2.33 bits per heavy atom. The van der Waals surface area contributed by atoms with Gasteiger partial charge in [-0.2, -0.15) is 10.5 Å². The quantitative estimate of drug-likeness (QED) is 0.264. The molecule has 1 aliphatic heterocycles. The standard InChI is InChI=1S/C5H8S/c1-3-5-4-6(5)2/h3,5H,1-2,4H2. The Kier molecular flexibility index (Phi) is 0.845. The topological polar surface area (TPSA) is 0 Å². The molecule has 0 N–H and O–H groups in total. The predicted molar refractivity (Wildman–Crippen MR) is 33.6 cm³/mol. The average molecular weight is 100 g/mol. The second kappa shape index (κ2) is 1.23. The Balaban J connectivity index is 2.44. The van der Waals surface area contributed by atoms with Crippen LogP contribution in [0.3, 0.4) is 0 Å². The van der Waals surface area contributed by atoms with Gasteiger partial charge in [0.15, 0.2) is 0 Å². The number of hydrogen-bond donors (Lipinski definition) is 0. The summed E-state index contributed by atoms with van der Waals surface area (Å²) in [5, 5.41) is 0.782. The molecule has 0 bridgehead atoms. The molecule has 0 aliphatic carbocycles. The van der Waals surface area contributed by atoms with Crippen LogP contribution in [0.25, 0.3) is 0 Å². The van der Waals surface area contributed by atoms with Crippen molar-refractivity contribution in [3.8, 4) is 0 Å². The Labute approximate surface area is 40.8 Å². The van der Waals surface area contributed by atoms with Gasteiger partial charge in [0.1, 0.15) is 0 Å². The highest BCUT2D eigenvalue weighted by atomic mass is 32.2. The molecule has 0 nitrogen and oxygen atoms in total. The molecule has 0 spiro atoms. The summed E-state index contributed by atoms with van der Waals surface area (Å²) in [4.78, 5) is 0. The van der Waals surface area contributed by atoms with Crippen LogP contribution in [-0.4, -0.2) is 16.9 Å². The summed E-state index contributed by atoms with van der Waals surface area (Å²) < 4.78 is 0. The van der Waals surface area contributed by atoms with E-state index < -0.39 is 0 Å². The molecule has 0 saturated carbocycles. The summed E-state index contributed by atoms with van der Waals surface area (Å²) in [5.74, 6) is 5.15. The van der Waals surface area contributed by atoms with E-state index in [2.05, 4.69) is 12.4 Å². The van der Waals surface area contributed by atoms with Crippen molar-refractivity contribution < 1.29 is 0 Å². The minimum absolute atomic E-state index is 0.483. The van der Waals surface area contributed by atoms with Crippen LogP contribution in [0.15, 0.2) is 12.7 Å². The van der Waals surface area contributed by atoms with Gasteiger partial charge >= 0.3 is 0 Å². The van der Waals surface area contributed by atoms with Crippen molar-refractivity contribution in [1.82, 2.24) is 0 Å². The van der Waals surface area contributed by atoms with Crippen LogP contribution in [0.2, 0.25) is 0 Å². The fraction of sp³-hybridized carbons (Fsp3) is 0.400. The van der Waals surface area contributed by atoms with Gasteiger partial charge in [-0.05, 0) is 0 Å². The highest BCUT2D eigenvalue weighted by Gasteiger charge is 2.20. The normalized spacial score (nSPS) is 42.0. The van der Waals surface area contributed by atoms with Crippen LogP contribution in [0, 0.1) is 0 Å². The molecule has 0 amide bonds. The Morgan fingerprint density at radius 1 is 1.83 bits per heavy atom. The summed E-state index contributed by atoms with van der Waals surface area (Å²) >= 11 is 0. The van der Waals surface area contributed by atoms with Gasteiger partial charge in [0.25, 0.3) is 0 Å². The molecule has 2 atom stereocenters. The van der Waals surface area contributed by atoms with Crippen molar-refractivity contribution >= 4 is 16.4 Å². The lowest BCUT2D eigenvalue weighted by atomic mass is 10.5. The van der Waals surface area contributed by atoms with E-state index in [-0.39, 0.29) is 0 Å². The molecule has 0 aromatic heterocycles. The van der Waals surface area contributed by atoms with Crippen LogP contribution in [0.1, 0.15) is 0 Å². The van der Waals surface area contributed by atoms with E-state index in [1.54, 1.807) is 0 Å². The van der Waals surface area contributed by atoms with Crippen LogP contribution in [-0.2, 0) is 0 Å². The minimum atomic E-state index is 0.483. The van der Waals surface area contributed by atoms with Gasteiger partial charge in [0, 0.05) is 11.0 Å². The number of rotatable bonds is 1. The van der Waals surface area contributed by atoms with Gasteiger partial charge in [-0.1, -0.05) is 11.9 Å². The molecular formula is C5H8S. The van der Waals surface area contributed by atoms with Crippen molar-refractivity contribution in [3.63, 3.8) is 0 Å². The maximum Gasteiger partial charge on any atom is 0.0256 e. The summed E-state index contributed by atoms with van der Waals surface area (Å²) in [5.41, 5.74) is 0. The summed E-state index contributed by atoms with van der Waals surface area (Å²) in [6.45, 7) is 3.64. The Morgan fingerprint density at radius 3 is 2.33 bits per heavy atom. The second-order valence-corrected chi connectivity index (χ2v) is 3.49. The molecule has 1 aliphatic rings. The molecule has 34 valence electrons. The molecular weight excluding hydrogens is 92.1 g/mol. The lowest BCUT2D eigenvalue weighted by Crippen LogP contribution is -1.64. The minimum Gasteiger partial charge on any atom is -0.184 e. The zero-order chi connectivity index (χ0) is 4.57. The maximum absolute atomic E-state index is 3.86. The summed E-state index contributed by atoms with van der Waals surface area (Å²) in [7, 11) is 0.483. The van der Waals surface area contributed by atoms with Gasteiger partial charge in [-0.25, -0.2) is 0 Å². The Bertz CT molecular complexity index is 94.1. The van der Waals surface area contributed by atoms with Gasteiger partial charge in [0.05, 0.1) is 0 Å². The highest BCUT2D eigenvalue weighted by Crippen LogP contribution is 2.37. The van der Waals surface area contributed by atoms with E-state index in [9.17, 15) is 0 Å². The predicted octanol–water partition coefficient (Wildman–Crippen LogP) is 1.26. The molecule has 0 aromatic carbocycles. The zero-order valence-corrected chi connectivity index (χ0v) is 4.50. The number of hydrogen-bond acceptors (Lipinski definition) is 0. The molecule has 1 saturated heterocycles. The lowest BCUT2D eigenvalue weighted by molar-refractivity contribution is 1.43. The summed E-state index contributed by atoms with van der Waals surface area (Å²) in [6, 6.07) is 0. The van der Waals surface area contributed by atoms with Crippen LogP contribution >= 0.6 is 10.5 Å². The monoisotopic (exact) mass is 100 g/mol. The van der Waals surface area contributed by atoms with Crippen molar-refractivity contribution in [2.75, 3.05) is 5.75 Å². The fourth-order valence-corrected chi connectivity index (χ4v) is 1.42. The molecule has 1 heterocycles. The first kappa shape index (κ1) is 4.13. The SMILES string of the molecule is C=CC1CS1=C. The van der Waals surface area contributed by atoms with E-state index in [0.717, 1.165) is 5.25 Å². The smallest absolute Gasteiger partial charge is 0.0256 e. The highest BCUT2D eigenvalue weighted by molar-refractivity contribution is 8.21. The van der Waals surface area contributed by atoms with Gasteiger partial charge in [0.2, 0.25) is 0 Å². The zero-order valence-electron chi connectivity index (χ0n) is 3.68. The fourth-order valence-electron chi connectivity index (χ4n) is 0.376. The van der Waals surface area contributed by atoms with Crippen molar-refractivity contribution in [3.05, 3.63) is 12.7 Å². The molecule has 6 heavy (non-hydrogen) atoms. The summed E-state index contributed by atoms with van der Waals surface area (Å²) in [6.07, 6.45) is 2.00. The van der Waals surface area contributed by atoms with Gasteiger partial charge < -0.3 is 0 Å². The first-order valence-electron chi connectivity index (χ1n) is 1.96. The van der Waals surface area contributed by atoms with Crippen LogP contribution < -0.4 is 0 Å². The van der Waals surface area contributed by atoms with Crippen LogP contribution in [0.5, 0.6) is 0 Å². The molecule has 0 aromatic rings. The van der Waals surface area contributed by atoms with E-state index >= 15 is 0 Å². The van der Waals surface area contributed by atoms with E-state index in [4.69, 9.17) is 0 Å². The molecule has 1 heteroatoms. The van der Waals surface area contributed by atoms with Crippen LogP contribution in [0.4, 0.5) is 0 Å². The third-order valence-corrected chi connectivity index (χ3v) is 2.53. The second-order valence-electron chi connectivity index (χ2n) is 1.48. The third-order valence-electron chi connectivity index (χ3n) is 0.954. The van der Waals surface area contributed by atoms with Gasteiger partial charge in [-0.3, -0.25) is 0 Å². The van der Waals surface area contributed by atoms with Crippen molar-refractivity contribution in [2.45, 2.75) is 5.25 Å². The van der Waals surface area contributed by atoms with Crippen molar-refractivity contribution in [1.29, 1.82) is 0 Å². The van der Waals surface area contributed by atoms with E-state index in [1.165, 1.54) is 5.75 Å². The molecule has 1 rings (SSSR count). The van der Waals surface area contributed by atoms with E-state index in [1.807, 2.05) is 6.08 Å². The van der Waals surface area contributed by atoms with E-state index in [0.29, 0.717) is 10.5 Å². The Hall–Kier alpha value is -0.0400. The third kappa shape index (κ3) is 0.548. The average Bonchev–Trinajstić information content (AvgIpc) is 2.19. The first-order chi connectivity index (χ1) is 2.84. The molecule has 0 radical (unpaired) electrons. The van der Waals surface area contributed by atoms with Crippen molar-refractivity contribution in [2.24, 2.45) is 0 Å². The maximum atomic E-state index is 3.86. The lowest BCUT2D eigenvalue weighted by Gasteiger charge is -1.66. The van der Waals surface area contributed by atoms with Gasteiger partial charge in [-0.15, -0.1) is 6.58 Å². The largest absolute Gasteiger partial charge is 0.184 e. The molecule has 1 fully saturated rings. The first-order valence-corrected chi connectivity index (χ1v) is 3.59.